The van der Waals surface area contributed by atoms with Crippen molar-refractivity contribution in [3.8, 4) is 16.9 Å². The van der Waals surface area contributed by atoms with Crippen LogP contribution in [-0.2, 0) is 10.1 Å². The van der Waals surface area contributed by atoms with Crippen LogP contribution in [0.25, 0.3) is 11.1 Å². The van der Waals surface area contributed by atoms with Crippen LogP contribution in [0.5, 0.6) is 5.75 Å². The van der Waals surface area contributed by atoms with Gasteiger partial charge < -0.3 is 21.7 Å². The summed E-state index contributed by atoms with van der Waals surface area (Å²) in [6.07, 6.45) is 0. The fourth-order valence-corrected chi connectivity index (χ4v) is 2.62. The Morgan fingerprint density at radius 1 is 1.05 bits per heavy atom. The van der Waals surface area contributed by atoms with Crippen LogP contribution in [0.4, 0.5) is 11.4 Å². The predicted molar refractivity (Wildman–Crippen MR) is 79.1 cm³/mol. The molecule has 0 aliphatic rings. The molecule has 0 saturated carbocycles. The van der Waals surface area contributed by atoms with Gasteiger partial charge in [-0.15, -0.1) is 0 Å². The monoisotopic (exact) mass is 324 g/mol. The molecule has 2 aromatic carbocycles. The Morgan fingerprint density at radius 3 is 2.23 bits per heavy atom. The Kier molecular flexibility index (Phi) is 3.69. The molecule has 0 unspecified atom stereocenters. The zero-order valence-electron chi connectivity index (χ0n) is 11.0. The Balaban J connectivity index is 2.82. The molecule has 0 heterocycles. The number of nitrogen functional groups attached to an aromatic ring is 2. The van der Waals surface area contributed by atoms with Crippen molar-refractivity contribution in [2.45, 2.75) is 4.90 Å². The van der Waals surface area contributed by atoms with Gasteiger partial charge in [-0.3, -0.25) is 4.55 Å². The Morgan fingerprint density at radius 2 is 1.68 bits per heavy atom. The van der Waals surface area contributed by atoms with Gasteiger partial charge in [0, 0.05) is 22.9 Å². The molecule has 2 rings (SSSR count). The number of aromatic carboxylic acids is 1. The molecule has 0 amide bonds. The molecular weight excluding hydrogens is 312 g/mol. The van der Waals surface area contributed by atoms with E-state index < -0.39 is 26.7 Å². The minimum atomic E-state index is -4.63. The maximum atomic E-state index is 11.3. The second kappa shape index (κ2) is 5.20. The van der Waals surface area contributed by atoms with Crippen molar-refractivity contribution in [3.63, 3.8) is 0 Å². The lowest BCUT2D eigenvalue weighted by Crippen LogP contribution is -2.05. The van der Waals surface area contributed by atoms with E-state index >= 15 is 0 Å². The van der Waals surface area contributed by atoms with E-state index in [9.17, 15) is 23.4 Å². The molecule has 0 spiro atoms. The number of nitrogens with two attached hydrogens (primary N) is 2. The second-order valence-electron chi connectivity index (χ2n) is 4.49. The number of hydrogen-bond donors (Lipinski definition) is 5. The summed E-state index contributed by atoms with van der Waals surface area (Å²) in [6.45, 7) is 0. The summed E-state index contributed by atoms with van der Waals surface area (Å²) in [5.41, 5.74) is 10.5. The van der Waals surface area contributed by atoms with Gasteiger partial charge in [0.2, 0.25) is 0 Å². The van der Waals surface area contributed by atoms with E-state index in [1.165, 1.54) is 18.2 Å². The third-order valence-electron chi connectivity index (χ3n) is 2.97. The van der Waals surface area contributed by atoms with Gasteiger partial charge in [0.15, 0.2) is 0 Å². The van der Waals surface area contributed by atoms with E-state index in [-0.39, 0.29) is 28.1 Å². The molecule has 0 radical (unpaired) electrons. The van der Waals surface area contributed by atoms with Crippen molar-refractivity contribution < 1.29 is 28.0 Å². The fraction of sp³-hybridized carbons (Fsp3) is 0. The molecule has 0 aliphatic carbocycles. The minimum Gasteiger partial charge on any atom is -0.507 e. The molecule has 8 nitrogen and oxygen atoms in total. The first kappa shape index (κ1) is 15.6. The van der Waals surface area contributed by atoms with E-state index in [0.29, 0.717) is 0 Å². The highest BCUT2D eigenvalue weighted by Crippen LogP contribution is 2.37. The normalized spacial score (nSPS) is 11.3. The molecule has 0 atom stereocenters. The maximum Gasteiger partial charge on any atom is 0.336 e. The number of hydrogen-bond acceptors (Lipinski definition) is 6. The minimum absolute atomic E-state index is 0.0316. The van der Waals surface area contributed by atoms with Crippen LogP contribution >= 0.6 is 0 Å². The number of carbonyl (C=O) groups is 1. The van der Waals surface area contributed by atoms with Crippen molar-refractivity contribution in [2.75, 3.05) is 11.5 Å². The third-order valence-corrected chi connectivity index (χ3v) is 3.88. The molecule has 22 heavy (non-hydrogen) atoms. The first-order valence-electron chi connectivity index (χ1n) is 5.84. The summed E-state index contributed by atoms with van der Waals surface area (Å²) in [5.74, 6) is -1.75. The average Bonchev–Trinajstić information content (AvgIpc) is 2.37. The van der Waals surface area contributed by atoms with Crippen LogP contribution in [-0.4, -0.2) is 29.2 Å². The molecule has 0 aliphatic heterocycles. The largest absolute Gasteiger partial charge is 0.507 e. The number of anilines is 2. The summed E-state index contributed by atoms with van der Waals surface area (Å²) in [7, 11) is -4.63. The highest BCUT2D eigenvalue weighted by atomic mass is 32.2. The number of aromatic hydroxyl groups is 1. The van der Waals surface area contributed by atoms with Gasteiger partial charge in [-0.05, 0) is 18.2 Å². The number of phenolic OH excluding ortho intramolecular Hbond substituents is 1. The molecule has 7 N–H and O–H groups in total. The number of rotatable bonds is 3. The van der Waals surface area contributed by atoms with Gasteiger partial charge in [-0.25, -0.2) is 4.79 Å². The van der Waals surface area contributed by atoms with E-state index in [2.05, 4.69) is 0 Å². The van der Waals surface area contributed by atoms with Crippen molar-refractivity contribution in [1.29, 1.82) is 0 Å². The smallest absolute Gasteiger partial charge is 0.336 e. The second-order valence-corrected chi connectivity index (χ2v) is 5.88. The average molecular weight is 324 g/mol. The summed E-state index contributed by atoms with van der Waals surface area (Å²) in [4.78, 5) is 10.6. The third kappa shape index (κ3) is 2.80. The van der Waals surface area contributed by atoms with Crippen molar-refractivity contribution in [2.24, 2.45) is 0 Å². The van der Waals surface area contributed by atoms with E-state index in [0.717, 1.165) is 12.1 Å². The van der Waals surface area contributed by atoms with Crippen molar-refractivity contribution in [3.05, 3.63) is 35.9 Å². The fourth-order valence-electron chi connectivity index (χ4n) is 2.00. The highest BCUT2D eigenvalue weighted by molar-refractivity contribution is 7.86. The Bertz CT molecular complexity index is 876. The zero-order valence-corrected chi connectivity index (χ0v) is 11.8. The first-order chi connectivity index (χ1) is 10.1. The molecule has 0 aromatic heterocycles. The van der Waals surface area contributed by atoms with Crippen LogP contribution in [0.2, 0.25) is 0 Å². The Hall–Kier alpha value is -2.78. The maximum absolute atomic E-state index is 11.3. The molecule has 0 saturated heterocycles. The van der Waals surface area contributed by atoms with Crippen molar-refractivity contribution in [1.82, 2.24) is 0 Å². The van der Waals surface area contributed by atoms with Crippen LogP contribution in [0.1, 0.15) is 10.4 Å². The van der Waals surface area contributed by atoms with Crippen molar-refractivity contribution >= 4 is 27.5 Å². The molecule has 0 bridgehead atoms. The predicted octanol–water partition coefficient (Wildman–Crippen LogP) is 1.17. The van der Waals surface area contributed by atoms with Crippen LogP contribution in [0.3, 0.4) is 0 Å². The molecular formula is C13H12N2O6S. The van der Waals surface area contributed by atoms with Gasteiger partial charge >= 0.3 is 5.97 Å². The van der Waals surface area contributed by atoms with Gasteiger partial charge in [-0.2, -0.15) is 8.42 Å². The number of benzene rings is 2. The van der Waals surface area contributed by atoms with Crippen LogP contribution < -0.4 is 11.5 Å². The van der Waals surface area contributed by atoms with E-state index in [1.54, 1.807) is 0 Å². The van der Waals surface area contributed by atoms with E-state index in [1.807, 2.05) is 0 Å². The lowest BCUT2D eigenvalue weighted by Gasteiger charge is -2.12. The van der Waals surface area contributed by atoms with Gasteiger partial charge in [0.05, 0.1) is 11.3 Å². The standard InChI is InChI=1S/C13H12N2O6S/c14-6-1-2-7(9(3-6)13(17)18)8-4-12(22(19,20)21)10(15)5-11(8)16/h1-5,16H,14-15H2,(H,17,18)(H,19,20,21). The van der Waals surface area contributed by atoms with E-state index in [4.69, 9.17) is 16.0 Å². The van der Waals surface area contributed by atoms with Gasteiger partial charge in [0.1, 0.15) is 10.6 Å². The lowest BCUT2D eigenvalue weighted by molar-refractivity contribution is 0.0697. The van der Waals surface area contributed by atoms with Gasteiger partial charge in [0.25, 0.3) is 10.1 Å². The molecule has 0 fully saturated rings. The molecule has 116 valence electrons. The summed E-state index contributed by atoms with van der Waals surface area (Å²) >= 11 is 0. The quantitative estimate of drug-likeness (QED) is 0.414. The lowest BCUT2D eigenvalue weighted by atomic mass is 9.98. The van der Waals surface area contributed by atoms with Crippen LogP contribution in [0.15, 0.2) is 35.2 Å². The summed E-state index contributed by atoms with van der Waals surface area (Å²) in [5, 5.41) is 19.1. The SMILES string of the molecule is Nc1ccc(-c2cc(S(=O)(=O)O)c(N)cc2O)c(C(=O)O)c1. The number of phenols is 1. The topological polar surface area (TPSA) is 164 Å². The Labute approximate surface area is 125 Å². The summed E-state index contributed by atoms with van der Waals surface area (Å²) in [6, 6.07) is 5.70. The molecule has 2 aromatic rings. The zero-order chi connectivity index (χ0) is 16.7. The van der Waals surface area contributed by atoms with Gasteiger partial charge in [-0.1, -0.05) is 6.07 Å². The summed E-state index contributed by atoms with van der Waals surface area (Å²) < 4.78 is 31.7. The first-order valence-corrected chi connectivity index (χ1v) is 7.28. The number of carboxylic acids is 1. The highest BCUT2D eigenvalue weighted by Gasteiger charge is 2.21. The molecule has 9 heteroatoms. The van der Waals surface area contributed by atoms with Crippen LogP contribution in [0, 0.1) is 0 Å². The number of carboxylic acid groups (broad SMARTS) is 1.